The summed E-state index contributed by atoms with van der Waals surface area (Å²) in [5.74, 6) is 1.77. The number of rotatable bonds is 7. The lowest BCUT2D eigenvalue weighted by molar-refractivity contribution is 0.414. The SMILES string of the molecule is COc1ccc(CCNCc2ccc(C3CC3)cc2)cc1. The van der Waals surface area contributed by atoms with Crippen LogP contribution in [-0.4, -0.2) is 13.7 Å². The zero-order valence-corrected chi connectivity index (χ0v) is 12.6. The Balaban J connectivity index is 1.40. The number of hydrogen-bond donors (Lipinski definition) is 1. The summed E-state index contributed by atoms with van der Waals surface area (Å²) in [4.78, 5) is 0. The second-order valence-corrected chi connectivity index (χ2v) is 5.79. The summed E-state index contributed by atoms with van der Waals surface area (Å²) in [7, 11) is 1.70. The third-order valence-corrected chi connectivity index (χ3v) is 4.11. The molecule has 0 saturated heterocycles. The van der Waals surface area contributed by atoms with Gasteiger partial charge in [0.2, 0.25) is 0 Å². The molecule has 0 amide bonds. The molecule has 3 rings (SSSR count). The summed E-state index contributed by atoms with van der Waals surface area (Å²) < 4.78 is 5.17. The molecule has 1 saturated carbocycles. The van der Waals surface area contributed by atoms with Crippen molar-refractivity contribution < 1.29 is 4.74 Å². The molecule has 0 aliphatic heterocycles. The molecule has 0 radical (unpaired) electrons. The van der Waals surface area contributed by atoms with Crippen LogP contribution < -0.4 is 10.1 Å². The molecule has 0 spiro atoms. The first-order chi connectivity index (χ1) is 10.3. The highest BCUT2D eigenvalue weighted by molar-refractivity contribution is 5.28. The predicted molar refractivity (Wildman–Crippen MR) is 86.8 cm³/mol. The third kappa shape index (κ3) is 4.08. The Kier molecular flexibility index (Phi) is 4.56. The zero-order valence-electron chi connectivity index (χ0n) is 12.6. The first-order valence-electron chi connectivity index (χ1n) is 7.77. The smallest absolute Gasteiger partial charge is 0.118 e. The molecule has 0 unspecified atom stereocenters. The van der Waals surface area contributed by atoms with Gasteiger partial charge in [-0.05, 0) is 60.5 Å². The van der Waals surface area contributed by atoms with Crippen molar-refractivity contribution in [2.24, 2.45) is 0 Å². The summed E-state index contributed by atoms with van der Waals surface area (Å²) in [5, 5.41) is 3.51. The molecule has 2 aromatic carbocycles. The van der Waals surface area contributed by atoms with Gasteiger partial charge in [-0.1, -0.05) is 36.4 Å². The average molecular weight is 281 g/mol. The summed E-state index contributed by atoms with van der Waals surface area (Å²) in [5.41, 5.74) is 4.22. The van der Waals surface area contributed by atoms with Crippen LogP contribution in [-0.2, 0) is 13.0 Å². The lowest BCUT2D eigenvalue weighted by Gasteiger charge is -2.07. The molecule has 0 heterocycles. The second-order valence-electron chi connectivity index (χ2n) is 5.79. The summed E-state index contributed by atoms with van der Waals surface area (Å²) >= 11 is 0. The van der Waals surface area contributed by atoms with E-state index in [4.69, 9.17) is 4.74 Å². The fraction of sp³-hybridized carbons (Fsp3) is 0.368. The third-order valence-electron chi connectivity index (χ3n) is 4.11. The van der Waals surface area contributed by atoms with Gasteiger partial charge in [0.15, 0.2) is 0 Å². The largest absolute Gasteiger partial charge is 0.497 e. The minimum absolute atomic E-state index is 0.849. The lowest BCUT2D eigenvalue weighted by Crippen LogP contribution is -2.16. The minimum atomic E-state index is 0.849. The molecular formula is C19H23NO. The summed E-state index contributed by atoms with van der Waals surface area (Å²) in [6.07, 6.45) is 3.79. The molecule has 2 heteroatoms. The number of methoxy groups -OCH3 is 1. The van der Waals surface area contributed by atoms with Crippen LogP contribution >= 0.6 is 0 Å². The highest BCUT2D eigenvalue weighted by Crippen LogP contribution is 2.39. The van der Waals surface area contributed by atoms with Crippen molar-refractivity contribution in [2.75, 3.05) is 13.7 Å². The maximum atomic E-state index is 5.17. The topological polar surface area (TPSA) is 21.3 Å². The van der Waals surface area contributed by atoms with E-state index in [0.29, 0.717) is 0 Å². The lowest BCUT2D eigenvalue weighted by atomic mass is 10.1. The van der Waals surface area contributed by atoms with E-state index < -0.39 is 0 Å². The highest BCUT2D eigenvalue weighted by atomic mass is 16.5. The van der Waals surface area contributed by atoms with Gasteiger partial charge in [0, 0.05) is 6.54 Å². The van der Waals surface area contributed by atoms with Crippen molar-refractivity contribution in [3.05, 3.63) is 65.2 Å². The minimum Gasteiger partial charge on any atom is -0.497 e. The van der Waals surface area contributed by atoms with Gasteiger partial charge < -0.3 is 10.1 Å². The van der Waals surface area contributed by atoms with Crippen LogP contribution in [0.4, 0.5) is 0 Å². The monoisotopic (exact) mass is 281 g/mol. The standard InChI is InChI=1S/C19H23NO/c1-21-19-10-4-15(5-11-19)12-13-20-14-16-2-6-17(7-3-16)18-8-9-18/h2-7,10-11,18,20H,8-9,12-14H2,1H3. The highest BCUT2D eigenvalue weighted by Gasteiger charge is 2.22. The van der Waals surface area contributed by atoms with Gasteiger partial charge in [-0.2, -0.15) is 0 Å². The van der Waals surface area contributed by atoms with Crippen molar-refractivity contribution in [1.82, 2.24) is 5.32 Å². The fourth-order valence-electron chi connectivity index (χ4n) is 2.58. The van der Waals surface area contributed by atoms with Gasteiger partial charge in [0.25, 0.3) is 0 Å². The number of benzene rings is 2. The van der Waals surface area contributed by atoms with E-state index >= 15 is 0 Å². The van der Waals surface area contributed by atoms with E-state index in [1.54, 1.807) is 7.11 Å². The van der Waals surface area contributed by atoms with Gasteiger partial charge >= 0.3 is 0 Å². The van der Waals surface area contributed by atoms with Crippen LogP contribution in [0.15, 0.2) is 48.5 Å². The van der Waals surface area contributed by atoms with Crippen LogP contribution in [0.2, 0.25) is 0 Å². The Morgan fingerprint density at radius 1 is 0.952 bits per heavy atom. The molecule has 1 N–H and O–H groups in total. The van der Waals surface area contributed by atoms with Gasteiger partial charge in [0.05, 0.1) is 7.11 Å². The number of hydrogen-bond acceptors (Lipinski definition) is 2. The molecular weight excluding hydrogens is 258 g/mol. The first-order valence-corrected chi connectivity index (χ1v) is 7.77. The van der Waals surface area contributed by atoms with Gasteiger partial charge in [-0.15, -0.1) is 0 Å². The van der Waals surface area contributed by atoms with E-state index in [-0.39, 0.29) is 0 Å². The number of nitrogens with one attached hydrogen (secondary N) is 1. The molecule has 0 bridgehead atoms. The molecule has 2 nitrogen and oxygen atoms in total. The van der Waals surface area contributed by atoms with E-state index in [0.717, 1.165) is 31.2 Å². The van der Waals surface area contributed by atoms with Crippen LogP contribution in [0.3, 0.4) is 0 Å². The Labute approximate surface area is 127 Å². The Morgan fingerprint density at radius 2 is 1.62 bits per heavy atom. The van der Waals surface area contributed by atoms with Crippen molar-refractivity contribution >= 4 is 0 Å². The molecule has 0 atom stereocenters. The quantitative estimate of drug-likeness (QED) is 0.777. The van der Waals surface area contributed by atoms with Gasteiger partial charge in [0.1, 0.15) is 5.75 Å². The maximum absolute atomic E-state index is 5.17. The maximum Gasteiger partial charge on any atom is 0.118 e. The molecule has 21 heavy (non-hydrogen) atoms. The molecule has 1 aliphatic carbocycles. The van der Waals surface area contributed by atoms with Crippen molar-refractivity contribution in [3.8, 4) is 5.75 Å². The Hall–Kier alpha value is -1.80. The fourth-order valence-corrected chi connectivity index (χ4v) is 2.58. The van der Waals surface area contributed by atoms with Gasteiger partial charge in [-0.25, -0.2) is 0 Å². The predicted octanol–water partition coefficient (Wildman–Crippen LogP) is 3.90. The van der Waals surface area contributed by atoms with Crippen molar-refractivity contribution in [1.29, 1.82) is 0 Å². The summed E-state index contributed by atoms with van der Waals surface area (Å²) in [6.45, 7) is 1.94. The molecule has 2 aromatic rings. The van der Waals surface area contributed by atoms with E-state index in [2.05, 4.69) is 41.7 Å². The van der Waals surface area contributed by atoms with Crippen molar-refractivity contribution in [3.63, 3.8) is 0 Å². The van der Waals surface area contributed by atoms with E-state index in [1.807, 2.05) is 12.1 Å². The molecule has 1 fully saturated rings. The van der Waals surface area contributed by atoms with Crippen LogP contribution in [0.5, 0.6) is 5.75 Å². The Bertz CT molecular complexity index is 555. The van der Waals surface area contributed by atoms with E-state index in [1.165, 1.54) is 29.5 Å². The first kappa shape index (κ1) is 14.2. The van der Waals surface area contributed by atoms with E-state index in [9.17, 15) is 0 Å². The molecule has 0 aromatic heterocycles. The molecule has 110 valence electrons. The Morgan fingerprint density at radius 3 is 2.24 bits per heavy atom. The average Bonchev–Trinajstić information content (AvgIpc) is 3.38. The van der Waals surface area contributed by atoms with Crippen LogP contribution in [0.25, 0.3) is 0 Å². The van der Waals surface area contributed by atoms with Gasteiger partial charge in [-0.3, -0.25) is 0 Å². The van der Waals surface area contributed by atoms with Crippen molar-refractivity contribution in [2.45, 2.75) is 31.7 Å². The van der Waals surface area contributed by atoms with Crippen LogP contribution in [0, 0.1) is 0 Å². The zero-order chi connectivity index (χ0) is 14.5. The van der Waals surface area contributed by atoms with Crippen LogP contribution in [0.1, 0.15) is 35.4 Å². The normalized spacial score (nSPS) is 14.1. The molecule has 1 aliphatic rings. The number of ether oxygens (including phenoxy) is 1. The summed E-state index contributed by atoms with van der Waals surface area (Å²) in [6, 6.07) is 17.4. The second kappa shape index (κ2) is 6.77.